The van der Waals surface area contributed by atoms with Crippen LogP contribution in [0.5, 0.6) is 0 Å². The van der Waals surface area contributed by atoms with Crippen LogP contribution < -0.4 is 5.32 Å². The van der Waals surface area contributed by atoms with E-state index in [0.717, 1.165) is 11.6 Å². The average Bonchev–Trinajstić information content (AvgIpc) is 2.46. The van der Waals surface area contributed by atoms with Crippen LogP contribution >= 0.6 is 0 Å². The quantitative estimate of drug-likeness (QED) is 0.915. The van der Waals surface area contributed by atoms with Crippen molar-refractivity contribution in [1.29, 1.82) is 5.26 Å². The molecule has 0 spiro atoms. The Labute approximate surface area is 110 Å². The number of halogens is 1. The summed E-state index contributed by atoms with van der Waals surface area (Å²) in [5.41, 5.74) is 1.11. The molecule has 0 radical (unpaired) electrons. The summed E-state index contributed by atoms with van der Waals surface area (Å²) in [5, 5.41) is 11.4. The van der Waals surface area contributed by atoms with Crippen LogP contribution in [-0.2, 0) is 6.54 Å². The van der Waals surface area contributed by atoms with Crippen LogP contribution in [-0.4, -0.2) is 5.91 Å². The van der Waals surface area contributed by atoms with E-state index in [9.17, 15) is 9.18 Å². The molecule has 0 bridgehead atoms. The Bertz CT molecular complexity index is 632. The lowest BCUT2D eigenvalue weighted by atomic mass is 10.1. The molecule has 2 rings (SSSR count). The smallest absolute Gasteiger partial charge is 0.251 e. The third-order valence-electron chi connectivity index (χ3n) is 2.64. The maximum absolute atomic E-state index is 13.1. The van der Waals surface area contributed by atoms with Crippen molar-refractivity contribution in [1.82, 2.24) is 5.32 Å². The number of carbonyl (C=O) groups is 1. The molecule has 94 valence electrons. The van der Waals surface area contributed by atoms with Gasteiger partial charge < -0.3 is 5.32 Å². The zero-order valence-electron chi connectivity index (χ0n) is 10.1. The number of hydrogen-bond acceptors (Lipinski definition) is 2. The zero-order chi connectivity index (χ0) is 13.7. The highest BCUT2D eigenvalue weighted by atomic mass is 19.1. The molecule has 1 N–H and O–H groups in total. The summed E-state index contributed by atoms with van der Waals surface area (Å²) >= 11 is 0. The fraction of sp³-hybridized carbons (Fsp3) is 0.0667. The van der Waals surface area contributed by atoms with Gasteiger partial charge in [-0.05, 0) is 23.8 Å². The molecule has 0 aromatic heterocycles. The monoisotopic (exact) mass is 254 g/mol. The number of benzene rings is 2. The highest BCUT2D eigenvalue weighted by molar-refractivity contribution is 5.94. The molecule has 0 saturated heterocycles. The van der Waals surface area contributed by atoms with Crippen molar-refractivity contribution in [3.05, 3.63) is 71.0 Å². The van der Waals surface area contributed by atoms with Crippen molar-refractivity contribution < 1.29 is 9.18 Å². The van der Waals surface area contributed by atoms with E-state index in [4.69, 9.17) is 5.26 Å². The maximum Gasteiger partial charge on any atom is 0.251 e. The van der Waals surface area contributed by atoms with Crippen molar-refractivity contribution in [2.45, 2.75) is 6.54 Å². The first-order valence-electron chi connectivity index (χ1n) is 5.72. The first kappa shape index (κ1) is 12.8. The summed E-state index contributed by atoms with van der Waals surface area (Å²) in [6, 6.07) is 14.9. The van der Waals surface area contributed by atoms with E-state index in [1.165, 1.54) is 12.1 Å². The maximum atomic E-state index is 13.1. The molecule has 3 nitrogen and oxygen atoms in total. The second kappa shape index (κ2) is 5.78. The van der Waals surface area contributed by atoms with Gasteiger partial charge in [-0.3, -0.25) is 4.79 Å². The lowest BCUT2D eigenvalue weighted by Crippen LogP contribution is -2.22. The number of nitrogens with zero attached hydrogens (tertiary/aromatic N) is 1. The summed E-state index contributed by atoms with van der Waals surface area (Å²) in [4.78, 5) is 11.9. The number of rotatable bonds is 3. The molecule has 0 aliphatic heterocycles. The van der Waals surface area contributed by atoms with E-state index in [2.05, 4.69) is 5.32 Å². The Morgan fingerprint density at radius 3 is 2.63 bits per heavy atom. The van der Waals surface area contributed by atoms with Crippen molar-refractivity contribution >= 4 is 5.91 Å². The van der Waals surface area contributed by atoms with Gasteiger partial charge in [0, 0.05) is 12.1 Å². The number of nitriles is 1. The van der Waals surface area contributed by atoms with E-state index < -0.39 is 5.82 Å². The van der Waals surface area contributed by atoms with E-state index >= 15 is 0 Å². The fourth-order valence-electron chi connectivity index (χ4n) is 1.63. The number of carbonyl (C=O) groups excluding carboxylic acids is 1. The third kappa shape index (κ3) is 3.17. The van der Waals surface area contributed by atoms with Gasteiger partial charge in [0.25, 0.3) is 5.91 Å². The van der Waals surface area contributed by atoms with E-state index in [-0.39, 0.29) is 17.0 Å². The second-order valence-electron chi connectivity index (χ2n) is 3.97. The molecule has 0 heterocycles. The molecule has 2 aromatic rings. The van der Waals surface area contributed by atoms with Crippen molar-refractivity contribution in [2.24, 2.45) is 0 Å². The van der Waals surface area contributed by atoms with Gasteiger partial charge in [-0.2, -0.15) is 5.26 Å². The van der Waals surface area contributed by atoms with Gasteiger partial charge in [-0.25, -0.2) is 4.39 Å². The van der Waals surface area contributed by atoms with Gasteiger partial charge in [0.1, 0.15) is 11.9 Å². The van der Waals surface area contributed by atoms with E-state index in [1.54, 1.807) is 6.07 Å². The van der Waals surface area contributed by atoms with Gasteiger partial charge in [-0.15, -0.1) is 0 Å². The molecular formula is C15H11FN2O. The fourth-order valence-corrected chi connectivity index (χ4v) is 1.63. The minimum absolute atomic E-state index is 0.132. The molecule has 0 atom stereocenters. The number of amides is 1. The summed E-state index contributed by atoms with van der Waals surface area (Å²) in [6.45, 7) is 0.388. The largest absolute Gasteiger partial charge is 0.348 e. The second-order valence-corrected chi connectivity index (χ2v) is 3.97. The molecule has 0 fully saturated rings. The summed E-state index contributed by atoms with van der Waals surface area (Å²) in [5.74, 6) is -0.956. The predicted octanol–water partition coefficient (Wildman–Crippen LogP) is 2.63. The summed E-state index contributed by atoms with van der Waals surface area (Å²) < 4.78 is 13.1. The predicted molar refractivity (Wildman–Crippen MR) is 68.7 cm³/mol. The first-order chi connectivity index (χ1) is 9.20. The normalized spacial score (nSPS) is 9.68. The van der Waals surface area contributed by atoms with Crippen LogP contribution in [0.15, 0.2) is 48.5 Å². The van der Waals surface area contributed by atoms with Crippen LogP contribution in [0.25, 0.3) is 0 Å². The molecule has 4 heteroatoms. The summed E-state index contributed by atoms with van der Waals surface area (Å²) in [7, 11) is 0. The molecule has 19 heavy (non-hydrogen) atoms. The van der Waals surface area contributed by atoms with Crippen LogP contribution in [0, 0.1) is 17.1 Å². The standard InChI is InChI=1S/C15H11FN2O/c16-14-7-6-12(8-13(14)9-17)15(19)18-10-11-4-2-1-3-5-11/h1-8H,10H2,(H,18,19). The average molecular weight is 254 g/mol. The highest BCUT2D eigenvalue weighted by Gasteiger charge is 2.09. The highest BCUT2D eigenvalue weighted by Crippen LogP contribution is 2.09. The molecule has 0 aliphatic rings. The Balaban J connectivity index is 2.07. The minimum atomic E-state index is -0.623. The molecule has 0 saturated carbocycles. The first-order valence-corrected chi connectivity index (χ1v) is 5.72. The van der Waals surface area contributed by atoms with Crippen LogP contribution in [0.1, 0.15) is 21.5 Å². The van der Waals surface area contributed by atoms with Gasteiger partial charge in [0.05, 0.1) is 5.56 Å². The Morgan fingerprint density at radius 2 is 1.95 bits per heavy atom. The Hall–Kier alpha value is -2.67. The molecule has 0 unspecified atom stereocenters. The number of hydrogen-bond donors (Lipinski definition) is 1. The topological polar surface area (TPSA) is 52.9 Å². The van der Waals surface area contributed by atoms with Gasteiger partial charge in [0.15, 0.2) is 0 Å². The molecule has 2 aromatic carbocycles. The van der Waals surface area contributed by atoms with E-state index in [0.29, 0.717) is 6.54 Å². The van der Waals surface area contributed by atoms with Crippen LogP contribution in [0.2, 0.25) is 0 Å². The molecule has 0 aliphatic carbocycles. The third-order valence-corrected chi connectivity index (χ3v) is 2.64. The molecule has 1 amide bonds. The van der Waals surface area contributed by atoms with Crippen molar-refractivity contribution in [2.75, 3.05) is 0 Å². The number of nitrogens with one attached hydrogen (secondary N) is 1. The van der Waals surface area contributed by atoms with Crippen molar-refractivity contribution in [3.8, 4) is 6.07 Å². The zero-order valence-corrected chi connectivity index (χ0v) is 10.1. The van der Waals surface area contributed by atoms with Gasteiger partial charge >= 0.3 is 0 Å². The lowest BCUT2D eigenvalue weighted by molar-refractivity contribution is 0.0951. The Morgan fingerprint density at radius 1 is 1.21 bits per heavy atom. The SMILES string of the molecule is N#Cc1cc(C(=O)NCc2ccccc2)ccc1F. The minimum Gasteiger partial charge on any atom is -0.348 e. The van der Waals surface area contributed by atoms with Crippen molar-refractivity contribution in [3.63, 3.8) is 0 Å². The van der Waals surface area contributed by atoms with Gasteiger partial charge in [-0.1, -0.05) is 30.3 Å². The van der Waals surface area contributed by atoms with Crippen LogP contribution in [0.3, 0.4) is 0 Å². The van der Waals surface area contributed by atoms with Crippen LogP contribution in [0.4, 0.5) is 4.39 Å². The Kier molecular flexibility index (Phi) is 3.89. The summed E-state index contributed by atoms with van der Waals surface area (Å²) in [6.07, 6.45) is 0. The molecular weight excluding hydrogens is 243 g/mol. The van der Waals surface area contributed by atoms with Gasteiger partial charge in [0.2, 0.25) is 0 Å². The van der Waals surface area contributed by atoms with E-state index in [1.807, 2.05) is 30.3 Å². The lowest BCUT2D eigenvalue weighted by Gasteiger charge is -2.05.